The molecule has 1 aromatic rings. The third-order valence-corrected chi connectivity index (χ3v) is 4.22. The highest BCUT2D eigenvalue weighted by Crippen LogP contribution is 2.36. The molecular weight excluding hydrogens is 278 g/mol. The molecule has 0 radical (unpaired) electrons. The Kier molecular flexibility index (Phi) is 3.42. The first-order chi connectivity index (χ1) is 8.26. The molecular formula is C10H16ClN3O3S. The molecule has 2 heterocycles. The molecule has 1 unspecified atom stereocenters. The van der Waals surface area contributed by atoms with Gasteiger partial charge in [0.1, 0.15) is 5.60 Å². The minimum absolute atomic E-state index is 0.112. The quantitative estimate of drug-likeness (QED) is 0.795. The highest BCUT2D eigenvalue weighted by Gasteiger charge is 2.39. The summed E-state index contributed by atoms with van der Waals surface area (Å²) in [4.78, 5) is 0. The maximum Gasteiger partial charge on any atom is 0.296 e. The van der Waals surface area contributed by atoms with Crippen LogP contribution in [0, 0.1) is 0 Å². The molecule has 1 aromatic heterocycles. The minimum Gasteiger partial charge on any atom is -0.367 e. The van der Waals surface area contributed by atoms with E-state index in [0.29, 0.717) is 12.4 Å². The van der Waals surface area contributed by atoms with Crippen molar-refractivity contribution in [1.29, 1.82) is 0 Å². The van der Waals surface area contributed by atoms with E-state index in [1.165, 1.54) is 4.57 Å². The summed E-state index contributed by atoms with van der Waals surface area (Å²) in [6.45, 7) is 6.26. The van der Waals surface area contributed by atoms with Crippen LogP contribution in [-0.2, 0) is 19.4 Å². The molecule has 1 saturated heterocycles. The van der Waals surface area contributed by atoms with Crippen molar-refractivity contribution in [3.63, 3.8) is 0 Å². The third-order valence-electron chi connectivity index (χ3n) is 3.09. The second kappa shape index (κ2) is 4.47. The van der Waals surface area contributed by atoms with Crippen molar-refractivity contribution in [2.45, 2.75) is 50.4 Å². The van der Waals surface area contributed by atoms with Crippen LogP contribution < -0.4 is 0 Å². The molecule has 1 aliphatic rings. The van der Waals surface area contributed by atoms with Crippen LogP contribution in [0.25, 0.3) is 0 Å². The Hall–Kier alpha value is -0.660. The molecule has 0 bridgehead atoms. The van der Waals surface area contributed by atoms with Crippen molar-refractivity contribution in [3.8, 4) is 0 Å². The number of halogens is 1. The number of hydrogen-bond donors (Lipinski definition) is 0. The van der Waals surface area contributed by atoms with E-state index in [9.17, 15) is 8.42 Å². The van der Waals surface area contributed by atoms with Gasteiger partial charge in [0, 0.05) is 23.3 Å². The molecule has 18 heavy (non-hydrogen) atoms. The lowest BCUT2D eigenvalue weighted by molar-refractivity contribution is 0.00499. The summed E-state index contributed by atoms with van der Waals surface area (Å²) < 4.78 is 30.2. The first kappa shape index (κ1) is 13.8. The number of hydrogen-bond acceptors (Lipinski definition) is 5. The molecule has 0 saturated carbocycles. The minimum atomic E-state index is -3.91. The van der Waals surface area contributed by atoms with E-state index in [-0.39, 0.29) is 11.2 Å². The first-order valence-corrected chi connectivity index (χ1v) is 8.10. The van der Waals surface area contributed by atoms with Gasteiger partial charge in [0.15, 0.2) is 5.82 Å². The molecule has 0 spiro atoms. The molecule has 0 aromatic carbocycles. The van der Waals surface area contributed by atoms with Crippen LogP contribution in [-0.4, -0.2) is 29.8 Å². The fourth-order valence-corrected chi connectivity index (χ4v) is 3.21. The van der Waals surface area contributed by atoms with Crippen LogP contribution in [0.5, 0.6) is 0 Å². The second-order valence-electron chi connectivity index (χ2n) is 4.89. The summed E-state index contributed by atoms with van der Waals surface area (Å²) in [5.74, 6) is 0.522. The van der Waals surface area contributed by atoms with Gasteiger partial charge in [0.2, 0.25) is 0 Å². The zero-order chi connectivity index (χ0) is 13.6. The summed E-state index contributed by atoms with van der Waals surface area (Å²) in [6, 6.07) is -0.112. The van der Waals surface area contributed by atoms with E-state index in [1.807, 2.05) is 20.8 Å². The zero-order valence-corrected chi connectivity index (χ0v) is 12.1. The lowest BCUT2D eigenvalue weighted by Crippen LogP contribution is -2.27. The lowest BCUT2D eigenvalue weighted by Gasteiger charge is -2.24. The highest BCUT2D eigenvalue weighted by molar-refractivity contribution is 8.13. The van der Waals surface area contributed by atoms with E-state index in [1.54, 1.807) is 0 Å². The Morgan fingerprint density at radius 2 is 2.11 bits per heavy atom. The number of aromatic nitrogens is 3. The van der Waals surface area contributed by atoms with Crippen molar-refractivity contribution in [2.24, 2.45) is 0 Å². The zero-order valence-electron chi connectivity index (χ0n) is 10.6. The maximum atomic E-state index is 11.5. The Balaban J connectivity index is 2.59. The van der Waals surface area contributed by atoms with Gasteiger partial charge in [-0.05, 0) is 33.6 Å². The van der Waals surface area contributed by atoms with E-state index in [2.05, 4.69) is 10.2 Å². The largest absolute Gasteiger partial charge is 0.367 e. The Labute approximate surface area is 111 Å². The predicted octanol–water partition coefficient (Wildman–Crippen LogP) is 1.81. The third kappa shape index (κ3) is 2.26. The van der Waals surface area contributed by atoms with Crippen molar-refractivity contribution < 1.29 is 13.2 Å². The standard InChI is InChI=1S/C10H16ClN3O3S/c1-7(2)14-8(10(3)5-4-6-17-10)12-13-9(14)18(11,15)16/h7H,4-6H2,1-3H3. The van der Waals surface area contributed by atoms with Gasteiger partial charge in [-0.3, -0.25) is 4.57 Å². The highest BCUT2D eigenvalue weighted by atomic mass is 35.7. The molecule has 102 valence electrons. The molecule has 1 aliphatic heterocycles. The van der Waals surface area contributed by atoms with Crippen LogP contribution in [0.2, 0.25) is 0 Å². The van der Waals surface area contributed by atoms with Gasteiger partial charge >= 0.3 is 0 Å². The van der Waals surface area contributed by atoms with Gasteiger partial charge in [0.05, 0.1) is 0 Å². The monoisotopic (exact) mass is 293 g/mol. The summed E-state index contributed by atoms with van der Waals surface area (Å²) >= 11 is 0. The summed E-state index contributed by atoms with van der Waals surface area (Å²) in [7, 11) is 1.47. The van der Waals surface area contributed by atoms with Gasteiger partial charge in [-0.15, -0.1) is 10.2 Å². The van der Waals surface area contributed by atoms with E-state index < -0.39 is 14.7 Å². The predicted molar refractivity (Wildman–Crippen MR) is 66.0 cm³/mol. The molecule has 8 heteroatoms. The van der Waals surface area contributed by atoms with Gasteiger partial charge in [-0.25, -0.2) is 8.42 Å². The van der Waals surface area contributed by atoms with Gasteiger partial charge < -0.3 is 4.74 Å². The number of rotatable bonds is 3. The molecule has 6 nitrogen and oxygen atoms in total. The summed E-state index contributed by atoms with van der Waals surface area (Å²) in [6.07, 6.45) is 1.71. The molecule has 0 amide bonds. The SMILES string of the molecule is CC(C)n1c(C2(C)CCCO2)nnc1S(=O)(=O)Cl. The first-order valence-electron chi connectivity index (χ1n) is 5.80. The van der Waals surface area contributed by atoms with E-state index >= 15 is 0 Å². The lowest BCUT2D eigenvalue weighted by atomic mass is 10.0. The van der Waals surface area contributed by atoms with E-state index in [4.69, 9.17) is 15.4 Å². The van der Waals surface area contributed by atoms with Crippen molar-refractivity contribution in [1.82, 2.24) is 14.8 Å². The van der Waals surface area contributed by atoms with Crippen LogP contribution in [0.3, 0.4) is 0 Å². The van der Waals surface area contributed by atoms with Crippen LogP contribution in [0.15, 0.2) is 5.16 Å². The molecule has 0 aliphatic carbocycles. The molecule has 1 fully saturated rings. The number of ether oxygens (including phenoxy) is 1. The van der Waals surface area contributed by atoms with Crippen LogP contribution in [0.4, 0.5) is 0 Å². The van der Waals surface area contributed by atoms with E-state index in [0.717, 1.165) is 12.8 Å². The van der Waals surface area contributed by atoms with Gasteiger partial charge in [-0.1, -0.05) is 0 Å². The molecule has 2 rings (SSSR count). The normalized spacial score (nSPS) is 24.9. The van der Waals surface area contributed by atoms with Crippen molar-refractivity contribution >= 4 is 19.7 Å². The van der Waals surface area contributed by atoms with Gasteiger partial charge in [0.25, 0.3) is 14.2 Å². The Bertz CT molecular complexity index is 547. The summed E-state index contributed by atoms with van der Waals surface area (Å²) in [5.41, 5.74) is -0.586. The van der Waals surface area contributed by atoms with Crippen molar-refractivity contribution in [2.75, 3.05) is 6.61 Å². The van der Waals surface area contributed by atoms with Gasteiger partial charge in [-0.2, -0.15) is 0 Å². The molecule has 1 atom stereocenters. The average molecular weight is 294 g/mol. The topological polar surface area (TPSA) is 74.1 Å². The Morgan fingerprint density at radius 1 is 1.44 bits per heavy atom. The van der Waals surface area contributed by atoms with Crippen molar-refractivity contribution in [3.05, 3.63) is 5.82 Å². The summed E-state index contributed by atoms with van der Waals surface area (Å²) in [5, 5.41) is 7.48. The maximum absolute atomic E-state index is 11.5. The number of nitrogens with zero attached hydrogens (tertiary/aromatic N) is 3. The van der Waals surface area contributed by atoms with Crippen LogP contribution >= 0.6 is 10.7 Å². The molecule has 0 N–H and O–H groups in total. The smallest absolute Gasteiger partial charge is 0.296 e. The fourth-order valence-electron chi connectivity index (χ4n) is 2.22. The van der Waals surface area contributed by atoms with Crippen LogP contribution in [0.1, 0.15) is 45.5 Å². The average Bonchev–Trinajstić information content (AvgIpc) is 2.81. The Morgan fingerprint density at radius 3 is 2.56 bits per heavy atom. The fraction of sp³-hybridized carbons (Fsp3) is 0.800. The second-order valence-corrected chi connectivity index (χ2v) is 7.35.